The summed E-state index contributed by atoms with van der Waals surface area (Å²) < 4.78 is 5.26. The fraction of sp³-hybridized carbons (Fsp3) is 0.833. The maximum Gasteiger partial charge on any atom is 0.228 e. The van der Waals surface area contributed by atoms with Gasteiger partial charge in [0.2, 0.25) is 5.91 Å². The first-order valence-electron chi connectivity index (χ1n) is 6.00. The predicted molar refractivity (Wildman–Crippen MR) is 64.8 cm³/mol. The second-order valence-corrected chi connectivity index (χ2v) is 4.22. The minimum Gasteiger partial charge on any atom is -0.381 e. The van der Waals surface area contributed by atoms with Crippen molar-refractivity contribution in [2.75, 3.05) is 20.3 Å². The molecule has 0 saturated carbocycles. The summed E-state index contributed by atoms with van der Waals surface area (Å²) in [6, 6.07) is 0.278. The zero-order chi connectivity index (χ0) is 12.0. The number of aliphatic imine (C=N–C) groups is 1. The second kappa shape index (κ2) is 6.63. The molecular weight excluding hydrogens is 204 g/mol. The molecule has 0 bridgehead atoms. The van der Waals surface area contributed by atoms with Gasteiger partial charge in [-0.3, -0.25) is 9.79 Å². The zero-order valence-electron chi connectivity index (χ0n) is 10.5. The van der Waals surface area contributed by atoms with Crippen LogP contribution >= 0.6 is 0 Å². The highest BCUT2D eigenvalue weighted by Crippen LogP contribution is 2.10. The Kier molecular flexibility index (Phi) is 5.46. The third-order valence-corrected chi connectivity index (χ3v) is 3.15. The molecule has 1 aliphatic rings. The molecule has 1 fully saturated rings. The van der Waals surface area contributed by atoms with Crippen molar-refractivity contribution in [3.63, 3.8) is 0 Å². The Balaban J connectivity index is 2.48. The molecule has 16 heavy (non-hydrogen) atoms. The van der Waals surface area contributed by atoms with E-state index in [4.69, 9.17) is 4.74 Å². The standard InChI is InChI=1S/C12H22N2O2/c1-4-11(9(2)13-3)12(15)14-10-5-7-16-8-6-10/h10-11H,4-8H2,1-3H3,(H,14,15). The smallest absolute Gasteiger partial charge is 0.228 e. The van der Waals surface area contributed by atoms with E-state index in [2.05, 4.69) is 10.3 Å². The van der Waals surface area contributed by atoms with Crippen LogP contribution in [0.25, 0.3) is 0 Å². The van der Waals surface area contributed by atoms with Crippen molar-refractivity contribution in [2.45, 2.75) is 39.2 Å². The number of nitrogens with one attached hydrogen (secondary N) is 1. The predicted octanol–water partition coefficient (Wildman–Crippen LogP) is 1.40. The van der Waals surface area contributed by atoms with Crippen molar-refractivity contribution in [2.24, 2.45) is 10.9 Å². The molecule has 1 saturated heterocycles. The number of carbonyl (C=O) groups excluding carboxylic acids is 1. The van der Waals surface area contributed by atoms with Gasteiger partial charge in [0.1, 0.15) is 0 Å². The first-order chi connectivity index (χ1) is 7.69. The van der Waals surface area contributed by atoms with E-state index < -0.39 is 0 Å². The van der Waals surface area contributed by atoms with Gasteiger partial charge in [-0.1, -0.05) is 6.92 Å². The maximum absolute atomic E-state index is 12.0. The molecular formula is C12H22N2O2. The fourth-order valence-corrected chi connectivity index (χ4v) is 1.97. The van der Waals surface area contributed by atoms with Crippen molar-refractivity contribution in [3.8, 4) is 0 Å². The van der Waals surface area contributed by atoms with Crippen molar-refractivity contribution < 1.29 is 9.53 Å². The van der Waals surface area contributed by atoms with Crippen LogP contribution in [-0.2, 0) is 9.53 Å². The Morgan fingerprint density at radius 2 is 2.12 bits per heavy atom. The average Bonchev–Trinajstić information content (AvgIpc) is 2.31. The molecule has 1 unspecified atom stereocenters. The number of ether oxygens (including phenoxy) is 1. The van der Waals surface area contributed by atoms with Crippen molar-refractivity contribution in [1.29, 1.82) is 0 Å². The molecule has 1 amide bonds. The van der Waals surface area contributed by atoms with Gasteiger partial charge >= 0.3 is 0 Å². The van der Waals surface area contributed by atoms with Gasteiger partial charge in [-0.05, 0) is 26.2 Å². The topological polar surface area (TPSA) is 50.7 Å². The van der Waals surface area contributed by atoms with Gasteiger partial charge in [0, 0.05) is 32.0 Å². The summed E-state index contributed by atoms with van der Waals surface area (Å²) in [5, 5.41) is 3.09. The molecule has 1 N–H and O–H groups in total. The summed E-state index contributed by atoms with van der Waals surface area (Å²) in [5.41, 5.74) is 0.909. The van der Waals surface area contributed by atoms with E-state index >= 15 is 0 Å². The van der Waals surface area contributed by atoms with Crippen LogP contribution in [0.3, 0.4) is 0 Å². The minimum absolute atomic E-state index is 0.0761. The number of hydrogen-bond acceptors (Lipinski definition) is 3. The largest absolute Gasteiger partial charge is 0.381 e. The van der Waals surface area contributed by atoms with E-state index in [1.54, 1.807) is 7.05 Å². The number of carbonyl (C=O) groups is 1. The fourth-order valence-electron chi connectivity index (χ4n) is 1.97. The number of rotatable bonds is 4. The third-order valence-electron chi connectivity index (χ3n) is 3.15. The Hall–Kier alpha value is -0.900. The van der Waals surface area contributed by atoms with Gasteiger partial charge in [0.05, 0.1) is 5.92 Å². The highest BCUT2D eigenvalue weighted by Gasteiger charge is 2.23. The molecule has 0 radical (unpaired) electrons. The lowest BCUT2D eigenvalue weighted by molar-refractivity contribution is -0.124. The normalized spacial score (nSPS) is 20.6. The van der Waals surface area contributed by atoms with Gasteiger partial charge in [0.25, 0.3) is 0 Å². The van der Waals surface area contributed by atoms with E-state index in [1.807, 2.05) is 13.8 Å². The van der Waals surface area contributed by atoms with Crippen molar-refractivity contribution in [3.05, 3.63) is 0 Å². The molecule has 1 rings (SSSR count). The lowest BCUT2D eigenvalue weighted by atomic mass is 9.99. The third kappa shape index (κ3) is 3.59. The molecule has 0 aromatic heterocycles. The first kappa shape index (κ1) is 13.2. The van der Waals surface area contributed by atoms with Gasteiger partial charge in [0.15, 0.2) is 0 Å². The molecule has 92 valence electrons. The monoisotopic (exact) mass is 226 g/mol. The lowest BCUT2D eigenvalue weighted by Gasteiger charge is -2.25. The van der Waals surface area contributed by atoms with Crippen LogP contribution in [0.2, 0.25) is 0 Å². The summed E-state index contributed by atoms with van der Waals surface area (Å²) in [4.78, 5) is 16.1. The van der Waals surface area contributed by atoms with Crippen LogP contribution < -0.4 is 5.32 Å². The summed E-state index contributed by atoms with van der Waals surface area (Å²) in [5.74, 6) is 0.0327. The minimum atomic E-state index is -0.0761. The van der Waals surface area contributed by atoms with Crippen LogP contribution in [0.1, 0.15) is 33.1 Å². The summed E-state index contributed by atoms with van der Waals surface area (Å²) in [7, 11) is 1.74. The number of nitrogens with zero attached hydrogens (tertiary/aromatic N) is 1. The number of amides is 1. The molecule has 0 spiro atoms. The highest BCUT2D eigenvalue weighted by molar-refractivity contribution is 6.03. The van der Waals surface area contributed by atoms with Crippen LogP contribution in [0, 0.1) is 5.92 Å². The maximum atomic E-state index is 12.0. The van der Waals surface area contributed by atoms with E-state index in [0.717, 1.165) is 38.2 Å². The van der Waals surface area contributed by atoms with Gasteiger partial charge in [-0.25, -0.2) is 0 Å². The van der Waals surface area contributed by atoms with Gasteiger partial charge < -0.3 is 10.1 Å². The Morgan fingerprint density at radius 1 is 1.50 bits per heavy atom. The van der Waals surface area contributed by atoms with E-state index in [9.17, 15) is 4.79 Å². The molecule has 0 aromatic rings. The van der Waals surface area contributed by atoms with Gasteiger partial charge in [-0.2, -0.15) is 0 Å². The molecule has 1 aliphatic heterocycles. The highest BCUT2D eigenvalue weighted by atomic mass is 16.5. The summed E-state index contributed by atoms with van der Waals surface area (Å²) >= 11 is 0. The molecule has 1 atom stereocenters. The van der Waals surface area contributed by atoms with E-state index in [0.29, 0.717) is 0 Å². The summed E-state index contributed by atoms with van der Waals surface area (Å²) in [6.07, 6.45) is 2.65. The molecule has 0 aromatic carbocycles. The van der Waals surface area contributed by atoms with Crippen LogP contribution in [0.4, 0.5) is 0 Å². The Labute approximate surface area is 97.5 Å². The zero-order valence-corrected chi connectivity index (χ0v) is 10.5. The van der Waals surface area contributed by atoms with E-state index in [1.165, 1.54) is 0 Å². The Bertz CT molecular complexity index is 258. The second-order valence-electron chi connectivity index (χ2n) is 4.22. The first-order valence-corrected chi connectivity index (χ1v) is 6.00. The molecule has 0 aliphatic carbocycles. The van der Waals surface area contributed by atoms with Crippen LogP contribution in [0.5, 0.6) is 0 Å². The van der Waals surface area contributed by atoms with E-state index in [-0.39, 0.29) is 17.9 Å². The Morgan fingerprint density at radius 3 is 2.62 bits per heavy atom. The average molecular weight is 226 g/mol. The van der Waals surface area contributed by atoms with Crippen molar-refractivity contribution >= 4 is 11.6 Å². The molecule has 4 heteroatoms. The SMILES string of the molecule is CCC(C(=O)NC1CCOCC1)C(C)=NC. The summed E-state index contributed by atoms with van der Waals surface area (Å²) in [6.45, 7) is 5.44. The molecule has 4 nitrogen and oxygen atoms in total. The van der Waals surface area contributed by atoms with Crippen molar-refractivity contribution in [1.82, 2.24) is 5.32 Å². The quantitative estimate of drug-likeness (QED) is 0.737. The van der Waals surface area contributed by atoms with Crippen LogP contribution in [0.15, 0.2) is 4.99 Å². The lowest BCUT2D eigenvalue weighted by Crippen LogP contribution is -2.43. The van der Waals surface area contributed by atoms with Crippen LogP contribution in [-0.4, -0.2) is 37.9 Å². The molecule has 1 heterocycles. The van der Waals surface area contributed by atoms with Gasteiger partial charge in [-0.15, -0.1) is 0 Å². The number of hydrogen-bond donors (Lipinski definition) is 1.